The first-order valence-corrected chi connectivity index (χ1v) is 7.07. The minimum atomic E-state index is 0.0286. The highest BCUT2D eigenvalue weighted by molar-refractivity contribution is 7.09. The Morgan fingerprint density at radius 3 is 3.18 bits per heavy atom. The third-order valence-electron chi connectivity index (χ3n) is 2.78. The standard InChI is InChI=1S/C12H20N2O2S/c1-3-4-13-9(2)10-8-17-12(14-10)11-7-15-5-6-16-11/h8-9,11,13H,3-7H2,1-2H3. The number of nitrogens with one attached hydrogen (secondary N) is 1. The Kier molecular flexibility index (Phi) is 4.91. The predicted molar refractivity (Wildman–Crippen MR) is 68.3 cm³/mol. The minimum Gasteiger partial charge on any atom is -0.376 e. The van der Waals surface area contributed by atoms with Gasteiger partial charge in [-0.25, -0.2) is 4.98 Å². The van der Waals surface area contributed by atoms with E-state index in [0.29, 0.717) is 25.9 Å². The molecule has 96 valence electrons. The van der Waals surface area contributed by atoms with Gasteiger partial charge in [-0.3, -0.25) is 0 Å². The summed E-state index contributed by atoms with van der Waals surface area (Å²) < 4.78 is 11.0. The first-order chi connectivity index (χ1) is 8.31. The van der Waals surface area contributed by atoms with E-state index in [1.807, 2.05) is 0 Å². The fraction of sp³-hybridized carbons (Fsp3) is 0.750. The van der Waals surface area contributed by atoms with E-state index in [0.717, 1.165) is 23.7 Å². The van der Waals surface area contributed by atoms with Crippen molar-refractivity contribution in [2.75, 3.05) is 26.4 Å². The largest absolute Gasteiger partial charge is 0.376 e. The average molecular weight is 256 g/mol. The van der Waals surface area contributed by atoms with Gasteiger partial charge in [0.05, 0.1) is 25.5 Å². The Bertz CT molecular complexity index is 337. The zero-order chi connectivity index (χ0) is 12.1. The van der Waals surface area contributed by atoms with Crippen LogP contribution in [0.5, 0.6) is 0 Å². The van der Waals surface area contributed by atoms with Crippen LogP contribution in [0.3, 0.4) is 0 Å². The van der Waals surface area contributed by atoms with Crippen LogP contribution >= 0.6 is 11.3 Å². The fourth-order valence-corrected chi connectivity index (χ4v) is 2.69. The van der Waals surface area contributed by atoms with E-state index in [1.165, 1.54) is 0 Å². The van der Waals surface area contributed by atoms with Gasteiger partial charge in [-0.1, -0.05) is 6.92 Å². The molecule has 17 heavy (non-hydrogen) atoms. The van der Waals surface area contributed by atoms with Gasteiger partial charge in [0.25, 0.3) is 0 Å². The summed E-state index contributed by atoms with van der Waals surface area (Å²) in [5, 5.41) is 6.58. The molecule has 1 saturated heterocycles. The molecule has 2 unspecified atom stereocenters. The van der Waals surface area contributed by atoms with Crippen LogP contribution in [0.2, 0.25) is 0 Å². The molecule has 2 heterocycles. The Balaban J connectivity index is 1.94. The molecule has 1 aliphatic rings. The molecule has 5 heteroatoms. The van der Waals surface area contributed by atoms with Crippen molar-refractivity contribution in [2.24, 2.45) is 0 Å². The first-order valence-electron chi connectivity index (χ1n) is 6.19. The molecular weight excluding hydrogens is 236 g/mol. The van der Waals surface area contributed by atoms with Crippen LogP contribution in [-0.4, -0.2) is 31.3 Å². The van der Waals surface area contributed by atoms with Gasteiger partial charge in [0, 0.05) is 11.4 Å². The Hall–Kier alpha value is -0.490. The number of ether oxygens (including phenoxy) is 2. The molecular formula is C12H20N2O2S. The maximum atomic E-state index is 5.64. The molecule has 0 bridgehead atoms. The highest BCUT2D eigenvalue weighted by Crippen LogP contribution is 2.26. The SMILES string of the molecule is CCCNC(C)c1csc(C2COCCO2)n1. The van der Waals surface area contributed by atoms with Crippen molar-refractivity contribution in [2.45, 2.75) is 32.4 Å². The molecule has 1 aromatic heterocycles. The van der Waals surface area contributed by atoms with Crippen LogP contribution < -0.4 is 5.32 Å². The monoisotopic (exact) mass is 256 g/mol. The molecule has 1 aliphatic heterocycles. The molecule has 0 saturated carbocycles. The van der Waals surface area contributed by atoms with Crippen LogP contribution in [-0.2, 0) is 9.47 Å². The van der Waals surface area contributed by atoms with Crippen LogP contribution in [0.25, 0.3) is 0 Å². The molecule has 0 spiro atoms. The number of nitrogens with zero attached hydrogens (tertiary/aromatic N) is 1. The summed E-state index contributed by atoms with van der Waals surface area (Å²) in [6, 6.07) is 0.310. The fourth-order valence-electron chi connectivity index (χ4n) is 1.74. The smallest absolute Gasteiger partial charge is 0.132 e. The highest BCUT2D eigenvalue weighted by Gasteiger charge is 2.21. The summed E-state index contributed by atoms with van der Waals surface area (Å²) in [6.07, 6.45) is 1.17. The topological polar surface area (TPSA) is 43.4 Å². The lowest BCUT2D eigenvalue weighted by Crippen LogP contribution is -2.22. The van der Waals surface area contributed by atoms with E-state index in [4.69, 9.17) is 9.47 Å². The van der Waals surface area contributed by atoms with Crippen molar-refractivity contribution >= 4 is 11.3 Å². The maximum Gasteiger partial charge on any atom is 0.132 e. The van der Waals surface area contributed by atoms with E-state index >= 15 is 0 Å². The third kappa shape index (κ3) is 3.48. The van der Waals surface area contributed by atoms with Crippen molar-refractivity contribution in [1.82, 2.24) is 10.3 Å². The van der Waals surface area contributed by atoms with Gasteiger partial charge in [0.2, 0.25) is 0 Å². The molecule has 0 amide bonds. The van der Waals surface area contributed by atoms with Crippen molar-refractivity contribution in [3.05, 3.63) is 16.1 Å². The lowest BCUT2D eigenvalue weighted by molar-refractivity contribution is -0.0902. The Labute approximate surface area is 106 Å². The second-order valence-corrected chi connectivity index (χ2v) is 5.11. The zero-order valence-corrected chi connectivity index (χ0v) is 11.3. The molecule has 1 fully saturated rings. The number of rotatable bonds is 5. The van der Waals surface area contributed by atoms with Crippen molar-refractivity contribution in [1.29, 1.82) is 0 Å². The van der Waals surface area contributed by atoms with Gasteiger partial charge in [0.1, 0.15) is 11.1 Å². The first kappa shape index (κ1) is 13.0. The van der Waals surface area contributed by atoms with E-state index in [-0.39, 0.29) is 6.10 Å². The zero-order valence-electron chi connectivity index (χ0n) is 10.4. The lowest BCUT2D eigenvalue weighted by Gasteiger charge is -2.20. The number of hydrogen-bond donors (Lipinski definition) is 1. The van der Waals surface area contributed by atoms with E-state index in [2.05, 4.69) is 29.5 Å². The number of aromatic nitrogens is 1. The lowest BCUT2D eigenvalue weighted by atomic mass is 10.2. The summed E-state index contributed by atoms with van der Waals surface area (Å²) in [6.45, 7) is 7.33. The van der Waals surface area contributed by atoms with E-state index in [1.54, 1.807) is 11.3 Å². The Morgan fingerprint density at radius 2 is 2.47 bits per heavy atom. The normalized spacial score (nSPS) is 22.6. The van der Waals surface area contributed by atoms with E-state index < -0.39 is 0 Å². The van der Waals surface area contributed by atoms with E-state index in [9.17, 15) is 0 Å². The highest BCUT2D eigenvalue weighted by atomic mass is 32.1. The molecule has 1 aromatic rings. The maximum absolute atomic E-state index is 5.64. The minimum absolute atomic E-state index is 0.0286. The molecule has 2 atom stereocenters. The summed E-state index contributed by atoms with van der Waals surface area (Å²) in [5.74, 6) is 0. The van der Waals surface area contributed by atoms with Crippen LogP contribution in [0.4, 0.5) is 0 Å². The van der Waals surface area contributed by atoms with Gasteiger partial charge in [-0.05, 0) is 19.9 Å². The molecule has 2 rings (SSSR count). The van der Waals surface area contributed by atoms with Gasteiger partial charge < -0.3 is 14.8 Å². The molecule has 0 radical (unpaired) electrons. The molecule has 1 N–H and O–H groups in total. The van der Waals surface area contributed by atoms with Crippen LogP contribution in [0.1, 0.15) is 43.1 Å². The molecule has 4 nitrogen and oxygen atoms in total. The second-order valence-electron chi connectivity index (χ2n) is 4.22. The number of hydrogen-bond acceptors (Lipinski definition) is 5. The van der Waals surface area contributed by atoms with Crippen LogP contribution in [0, 0.1) is 0 Å². The predicted octanol–water partition coefficient (Wildman–Crippen LogP) is 2.29. The van der Waals surface area contributed by atoms with Gasteiger partial charge in [-0.15, -0.1) is 11.3 Å². The molecule has 0 aliphatic carbocycles. The third-order valence-corrected chi connectivity index (χ3v) is 3.73. The van der Waals surface area contributed by atoms with Gasteiger partial charge in [0.15, 0.2) is 0 Å². The quantitative estimate of drug-likeness (QED) is 0.878. The Morgan fingerprint density at radius 1 is 1.59 bits per heavy atom. The van der Waals surface area contributed by atoms with Gasteiger partial charge in [-0.2, -0.15) is 0 Å². The molecule has 0 aromatic carbocycles. The van der Waals surface area contributed by atoms with Crippen molar-refractivity contribution in [3.63, 3.8) is 0 Å². The summed E-state index contributed by atoms with van der Waals surface area (Å²) in [5.41, 5.74) is 1.10. The van der Waals surface area contributed by atoms with Crippen LogP contribution in [0.15, 0.2) is 5.38 Å². The summed E-state index contributed by atoms with van der Waals surface area (Å²) in [4.78, 5) is 4.64. The summed E-state index contributed by atoms with van der Waals surface area (Å²) in [7, 11) is 0. The van der Waals surface area contributed by atoms with Gasteiger partial charge >= 0.3 is 0 Å². The van der Waals surface area contributed by atoms with Crippen molar-refractivity contribution < 1.29 is 9.47 Å². The second kappa shape index (κ2) is 6.44. The summed E-state index contributed by atoms with van der Waals surface area (Å²) >= 11 is 1.66. The van der Waals surface area contributed by atoms with Crippen molar-refractivity contribution in [3.8, 4) is 0 Å². The number of thiazole rings is 1. The average Bonchev–Trinajstić information content (AvgIpc) is 2.86.